The highest BCUT2D eigenvalue weighted by molar-refractivity contribution is 5.97. The summed E-state index contributed by atoms with van der Waals surface area (Å²) >= 11 is 0. The molecule has 0 aliphatic carbocycles. The topological polar surface area (TPSA) is 44.1 Å². The minimum absolute atomic E-state index is 0.0816. The summed E-state index contributed by atoms with van der Waals surface area (Å²) in [6.45, 7) is 2.39. The highest BCUT2D eigenvalue weighted by atomic mass is 16.2. The lowest BCUT2D eigenvalue weighted by molar-refractivity contribution is -0.120. The fraction of sp³-hybridized carbons (Fsp3) is 0.429. The van der Waals surface area contributed by atoms with Crippen LogP contribution in [-0.4, -0.2) is 12.5 Å². The molecule has 1 amide bonds. The Bertz CT molecular complexity index is 462. The van der Waals surface area contributed by atoms with Crippen LogP contribution in [0.5, 0.6) is 0 Å². The summed E-state index contributed by atoms with van der Waals surface area (Å²) in [5.74, 6) is -0.650. The monoisotopic (exact) mass is 228 g/mol. The summed E-state index contributed by atoms with van der Waals surface area (Å²) < 4.78 is 0. The fourth-order valence-corrected chi connectivity index (χ4v) is 2.21. The summed E-state index contributed by atoms with van der Waals surface area (Å²) in [6.07, 6.45) is 3.11. The van der Waals surface area contributed by atoms with Crippen molar-refractivity contribution in [1.29, 1.82) is 5.26 Å². The molecule has 1 unspecified atom stereocenters. The summed E-state index contributed by atoms with van der Waals surface area (Å²) in [4.78, 5) is 13.9. The fourth-order valence-electron chi connectivity index (χ4n) is 2.21. The summed E-state index contributed by atoms with van der Waals surface area (Å²) in [6, 6.07) is 10.0. The number of rotatable bonds is 1. The normalized spacial score (nSPS) is 16.6. The number of aryl methyl sites for hydroxylation is 1. The van der Waals surface area contributed by atoms with E-state index < -0.39 is 5.92 Å². The second kappa shape index (κ2) is 5.01. The van der Waals surface area contributed by atoms with E-state index in [4.69, 9.17) is 5.26 Å². The van der Waals surface area contributed by atoms with E-state index in [0.29, 0.717) is 0 Å². The van der Waals surface area contributed by atoms with E-state index in [1.165, 1.54) is 5.56 Å². The second-order valence-corrected chi connectivity index (χ2v) is 4.43. The second-order valence-electron chi connectivity index (χ2n) is 4.43. The van der Waals surface area contributed by atoms with Crippen LogP contribution < -0.4 is 4.90 Å². The first kappa shape index (κ1) is 11.7. The first-order valence-electron chi connectivity index (χ1n) is 6.03. The van der Waals surface area contributed by atoms with Crippen molar-refractivity contribution in [2.75, 3.05) is 11.4 Å². The van der Waals surface area contributed by atoms with Gasteiger partial charge in [0.05, 0.1) is 6.07 Å². The molecule has 3 heteroatoms. The van der Waals surface area contributed by atoms with Gasteiger partial charge >= 0.3 is 0 Å². The third-order valence-corrected chi connectivity index (χ3v) is 3.19. The van der Waals surface area contributed by atoms with Gasteiger partial charge in [0.2, 0.25) is 5.91 Å². The molecule has 0 aromatic heterocycles. The van der Waals surface area contributed by atoms with Crippen LogP contribution >= 0.6 is 0 Å². The Labute approximate surface area is 102 Å². The maximum Gasteiger partial charge on any atom is 0.244 e. The van der Waals surface area contributed by atoms with Gasteiger partial charge in [-0.2, -0.15) is 5.26 Å². The predicted octanol–water partition coefficient (Wildman–Crippen LogP) is 2.52. The van der Waals surface area contributed by atoms with E-state index in [0.717, 1.165) is 31.5 Å². The highest BCUT2D eigenvalue weighted by Gasteiger charge is 2.24. The molecular formula is C14H16N2O. The van der Waals surface area contributed by atoms with Crippen molar-refractivity contribution in [3.63, 3.8) is 0 Å². The molecule has 1 aromatic carbocycles. The van der Waals surface area contributed by atoms with Crippen molar-refractivity contribution in [3.8, 4) is 6.07 Å². The Morgan fingerprint density at radius 1 is 1.41 bits per heavy atom. The molecule has 1 heterocycles. The number of nitrogens with zero attached hydrogens (tertiary/aromatic N) is 2. The van der Waals surface area contributed by atoms with Gasteiger partial charge in [0, 0.05) is 12.2 Å². The van der Waals surface area contributed by atoms with E-state index in [1.807, 2.05) is 24.3 Å². The zero-order valence-electron chi connectivity index (χ0n) is 10.0. The molecular weight excluding hydrogens is 212 g/mol. The minimum Gasteiger partial charge on any atom is -0.311 e. The van der Waals surface area contributed by atoms with Gasteiger partial charge in [-0.3, -0.25) is 4.79 Å². The van der Waals surface area contributed by atoms with Crippen LogP contribution in [0, 0.1) is 17.2 Å². The molecule has 0 bridgehead atoms. The molecule has 1 atom stereocenters. The van der Waals surface area contributed by atoms with Gasteiger partial charge in [0.1, 0.15) is 5.92 Å². The van der Waals surface area contributed by atoms with Gasteiger partial charge in [-0.1, -0.05) is 18.2 Å². The van der Waals surface area contributed by atoms with Crippen molar-refractivity contribution < 1.29 is 4.79 Å². The lowest BCUT2D eigenvalue weighted by Gasteiger charge is -2.23. The van der Waals surface area contributed by atoms with Gasteiger partial charge in [0.15, 0.2) is 0 Å². The molecule has 1 aliphatic rings. The SMILES string of the molecule is CC(C#N)C(=O)N1CCCCc2ccccc21. The average Bonchev–Trinajstić information content (AvgIpc) is 2.59. The summed E-state index contributed by atoms with van der Waals surface area (Å²) in [7, 11) is 0. The number of carbonyl (C=O) groups is 1. The molecule has 0 fully saturated rings. The number of nitriles is 1. The molecule has 2 rings (SSSR count). The zero-order valence-corrected chi connectivity index (χ0v) is 10.0. The van der Waals surface area contributed by atoms with E-state index in [-0.39, 0.29) is 5.91 Å². The van der Waals surface area contributed by atoms with Gasteiger partial charge in [0.25, 0.3) is 0 Å². The predicted molar refractivity (Wildman–Crippen MR) is 66.5 cm³/mol. The van der Waals surface area contributed by atoms with Crippen molar-refractivity contribution in [2.24, 2.45) is 5.92 Å². The number of carbonyl (C=O) groups excluding carboxylic acids is 1. The molecule has 17 heavy (non-hydrogen) atoms. The first-order valence-corrected chi connectivity index (χ1v) is 6.03. The van der Waals surface area contributed by atoms with Crippen LogP contribution in [0.25, 0.3) is 0 Å². The average molecular weight is 228 g/mol. The van der Waals surface area contributed by atoms with Crippen LogP contribution in [0.3, 0.4) is 0 Å². The van der Waals surface area contributed by atoms with Crippen molar-refractivity contribution in [3.05, 3.63) is 29.8 Å². The van der Waals surface area contributed by atoms with Crippen LogP contribution in [0.15, 0.2) is 24.3 Å². The first-order chi connectivity index (χ1) is 8.24. The third-order valence-electron chi connectivity index (χ3n) is 3.19. The largest absolute Gasteiger partial charge is 0.311 e. The van der Waals surface area contributed by atoms with E-state index in [1.54, 1.807) is 11.8 Å². The molecule has 0 radical (unpaired) electrons. The number of hydrogen-bond donors (Lipinski definition) is 0. The van der Waals surface area contributed by atoms with Gasteiger partial charge in [-0.05, 0) is 37.8 Å². The maximum absolute atomic E-state index is 12.1. The quantitative estimate of drug-likeness (QED) is 0.741. The third kappa shape index (κ3) is 2.31. The Morgan fingerprint density at radius 3 is 2.94 bits per heavy atom. The van der Waals surface area contributed by atoms with Crippen LogP contribution in [0.4, 0.5) is 5.69 Å². The highest BCUT2D eigenvalue weighted by Crippen LogP contribution is 2.27. The van der Waals surface area contributed by atoms with E-state index >= 15 is 0 Å². The van der Waals surface area contributed by atoms with Crippen LogP contribution in [0.2, 0.25) is 0 Å². The number of amides is 1. The zero-order chi connectivity index (χ0) is 12.3. The number of fused-ring (bicyclic) bond motifs is 1. The molecule has 0 saturated heterocycles. The Morgan fingerprint density at radius 2 is 2.18 bits per heavy atom. The van der Waals surface area contributed by atoms with Crippen molar-refractivity contribution in [1.82, 2.24) is 0 Å². The van der Waals surface area contributed by atoms with E-state index in [9.17, 15) is 4.79 Å². The Balaban J connectivity index is 2.35. The molecule has 0 N–H and O–H groups in total. The Kier molecular flexibility index (Phi) is 3.43. The summed E-state index contributed by atoms with van der Waals surface area (Å²) in [5.41, 5.74) is 2.19. The van der Waals surface area contributed by atoms with Crippen molar-refractivity contribution in [2.45, 2.75) is 26.2 Å². The maximum atomic E-state index is 12.1. The van der Waals surface area contributed by atoms with Gasteiger partial charge in [-0.15, -0.1) is 0 Å². The smallest absolute Gasteiger partial charge is 0.244 e. The number of para-hydroxylation sites is 1. The number of anilines is 1. The number of benzene rings is 1. The van der Waals surface area contributed by atoms with Crippen LogP contribution in [-0.2, 0) is 11.2 Å². The molecule has 1 aliphatic heterocycles. The van der Waals surface area contributed by atoms with Gasteiger partial charge < -0.3 is 4.90 Å². The van der Waals surface area contributed by atoms with Crippen LogP contribution in [0.1, 0.15) is 25.3 Å². The van der Waals surface area contributed by atoms with E-state index in [2.05, 4.69) is 6.07 Å². The molecule has 88 valence electrons. The number of hydrogen-bond acceptors (Lipinski definition) is 2. The molecule has 3 nitrogen and oxygen atoms in total. The van der Waals surface area contributed by atoms with Gasteiger partial charge in [-0.25, -0.2) is 0 Å². The molecule has 0 saturated carbocycles. The van der Waals surface area contributed by atoms with Crippen molar-refractivity contribution >= 4 is 11.6 Å². The minimum atomic E-state index is -0.568. The summed E-state index contributed by atoms with van der Waals surface area (Å²) in [5, 5.41) is 8.86. The lowest BCUT2D eigenvalue weighted by atomic mass is 10.1. The molecule has 1 aromatic rings. The molecule has 0 spiro atoms. The standard InChI is InChI=1S/C14H16N2O/c1-11(10-15)14(17)16-9-5-4-7-12-6-2-3-8-13(12)16/h2-3,6,8,11H,4-5,7,9H2,1H3. The lowest BCUT2D eigenvalue weighted by Crippen LogP contribution is -2.35. The Hall–Kier alpha value is -1.82.